The van der Waals surface area contributed by atoms with E-state index in [4.69, 9.17) is 15.2 Å². The lowest BCUT2D eigenvalue weighted by molar-refractivity contribution is 0.0741. The van der Waals surface area contributed by atoms with E-state index in [1.807, 2.05) is 11.8 Å². The average Bonchev–Trinajstić information content (AvgIpc) is 2.78. The van der Waals surface area contributed by atoms with Crippen LogP contribution in [0.4, 0.5) is 0 Å². The van der Waals surface area contributed by atoms with Gasteiger partial charge in [0.15, 0.2) is 11.5 Å². The zero-order valence-electron chi connectivity index (χ0n) is 11.0. The summed E-state index contributed by atoms with van der Waals surface area (Å²) in [5, 5.41) is 0. The first-order valence-corrected chi connectivity index (χ1v) is 6.63. The highest BCUT2D eigenvalue weighted by molar-refractivity contribution is 5.95. The Bertz CT molecular complexity index is 503. The minimum absolute atomic E-state index is 0.0115. The Balaban J connectivity index is 1.84. The van der Waals surface area contributed by atoms with E-state index in [0.29, 0.717) is 30.3 Å². The fourth-order valence-electron chi connectivity index (χ4n) is 2.59. The van der Waals surface area contributed by atoms with Gasteiger partial charge >= 0.3 is 0 Å². The van der Waals surface area contributed by atoms with Crippen molar-refractivity contribution in [3.05, 3.63) is 23.8 Å². The number of carbonyl (C=O) groups is 1. The molecule has 0 bridgehead atoms. The second-order valence-corrected chi connectivity index (χ2v) is 5.05. The van der Waals surface area contributed by atoms with Crippen LogP contribution in [0.25, 0.3) is 0 Å². The first-order valence-electron chi connectivity index (χ1n) is 6.63. The van der Waals surface area contributed by atoms with E-state index in [2.05, 4.69) is 0 Å². The zero-order valence-corrected chi connectivity index (χ0v) is 11.0. The maximum atomic E-state index is 12.5. The lowest BCUT2D eigenvalue weighted by Crippen LogP contribution is -2.40. The summed E-state index contributed by atoms with van der Waals surface area (Å²) in [5.74, 6) is 1.36. The molecule has 2 atom stereocenters. The highest BCUT2D eigenvalue weighted by Gasteiger charge is 2.32. The van der Waals surface area contributed by atoms with Crippen LogP contribution < -0.4 is 15.2 Å². The third kappa shape index (κ3) is 2.14. The molecule has 2 heterocycles. The Morgan fingerprint density at radius 3 is 2.74 bits per heavy atom. The summed E-state index contributed by atoms with van der Waals surface area (Å²) < 4.78 is 11.0. The zero-order chi connectivity index (χ0) is 13.4. The van der Waals surface area contributed by atoms with E-state index in [9.17, 15) is 4.79 Å². The Morgan fingerprint density at radius 1 is 1.32 bits per heavy atom. The molecule has 19 heavy (non-hydrogen) atoms. The second kappa shape index (κ2) is 4.74. The number of nitrogens with zero attached hydrogens (tertiary/aromatic N) is 1. The summed E-state index contributed by atoms with van der Waals surface area (Å²) in [5.41, 5.74) is 6.59. The normalized spacial score (nSPS) is 25.5. The molecule has 2 unspecified atom stereocenters. The molecule has 0 aliphatic carbocycles. The summed E-state index contributed by atoms with van der Waals surface area (Å²) >= 11 is 0. The van der Waals surface area contributed by atoms with Crippen LogP contribution in [0.15, 0.2) is 18.2 Å². The number of hydrogen-bond donors (Lipinski definition) is 1. The van der Waals surface area contributed by atoms with Gasteiger partial charge in [0.05, 0.1) is 0 Å². The topological polar surface area (TPSA) is 64.8 Å². The van der Waals surface area contributed by atoms with Gasteiger partial charge in [-0.2, -0.15) is 0 Å². The first-order chi connectivity index (χ1) is 9.16. The minimum atomic E-state index is 0.0115. The number of fused-ring (bicyclic) bond motifs is 1. The molecule has 1 aromatic carbocycles. The molecule has 2 aliphatic heterocycles. The Labute approximate surface area is 112 Å². The quantitative estimate of drug-likeness (QED) is 0.820. The van der Waals surface area contributed by atoms with Crippen LogP contribution in [0.3, 0.4) is 0 Å². The molecule has 2 aliphatic rings. The average molecular weight is 262 g/mol. The van der Waals surface area contributed by atoms with Crippen LogP contribution in [0, 0.1) is 0 Å². The summed E-state index contributed by atoms with van der Waals surface area (Å²) in [7, 11) is 0. The standard InChI is InChI=1S/C14H18N2O3/c1-9-11(15)4-5-16(9)14(17)10-2-3-12-13(8-10)19-7-6-18-12/h2-3,8-9,11H,4-7,15H2,1H3. The molecule has 1 aromatic rings. The Kier molecular flexibility index (Phi) is 3.06. The van der Waals surface area contributed by atoms with Crippen molar-refractivity contribution in [1.82, 2.24) is 4.90 Å². The SMILES string of the molecule is CC1C(N)CCN1C(=O)c1ccc2c(c1)OCCO2. The van der Waals surface area contributed by atoms with Crippen molar-refractivity contribution in [2.24, 2.45) is 5.73 Å². The molecular formula is C14H18N2O3. The Morgan fingerprint density at radius 2 is 2.05 bits per heavy atom. The van der Waals surface area contributed by atoms with Crippen molar-refractivity contribution in [2.45, 2.75) is 25.4 Å². The molecule has 0 saturated carbocycles. The number of benzene rings is 1. The first kappa shape index (κ1) is 12.3. The van der Waals surface area contributed by atoms with E-state index in [-0.39, 0.29) is 18.0 Å². The van der Waals surface area contributed by atoms with Gasteiger partial charge in [-0.3, -0.25) is 4.79 Å². The fourth-order valence-corrected chi connectivity index (χ4v) is 2.59. The van der Waals surface area contributed by atoms with Gasteiger partial charge in [0, 0.05) is 24.2 Å². The molecule has 0 spiro atoms. The molecule has 1 saturated heterocycles. The van der Waals surface area contributed by atoms with Crippen molar-refractivity contribution in [2.75, 3.05) is 19.8 Å². The highest BCUT2D eigenvalue weighted by atomic mass is 16.6. The maximum Gasteiger partial charge on any atom is 0.254 e. The summed E-state index contributed by atoms with van der Waals surface area (Å²) in [6.07, 6.45) is 0.859. The van der Waals surface area contributed by atoms with Crippen LogP contribution >= 0.6 is 0 Å². The van der Waals surface area contributed by atoms with Gasteiger partial charge in [0.2, 0.25) is 0 Å². The van der Waals surface area contributed by atoms with Crippen molar-refractivity contribution < 1.29 is 14.3 Å². The number of ether oxygens (including phenoxy) is 2. The molecule has 102 valence electrons. The van der Waals surface area contributed by atoms with Crippen molar-refractivity contribution in [3.8, 4) is 11.5 Å². The molecule has 5 heteroatoms. The molecule has 1 amide bonds. The van der Waals surface area contributed by atoms with E-state index in [1.165, 1.54) is 0 Å². The predicted octanol–water partition coefficient (Wildman–Crippen LogP) is 1.02. The van der Waals surface area contributed by atoms with Crippen LogP contribution in [-0.4, -0.2) is 42.6 Å². The van der Waals surface area contributed by atoms with E-state index < -0.39 is 0 Å². The lowest BCUT2D eigenvalue weighted by atomic mass is 10.1. The number of rotatable bonds is 1. The predicted molar refractivity (Wildman–Crippen MR) is 70.5 cm³/mol. The monoisotopic (exact) mass is 262 g/mol. The number of likely N-dealkylation sites (tertiary alicyclic amines) is 1. The number of nitrogens with two attached hydrogens (primary N) is 1. The summed E-state index contributed by atoms with van der Waals surface area (Å²) in [6, 6.07) is 5.49. The molecular weight excluding hydrogens is 244 g/mol. The van der Waals surface area contributed by atoms with Crippen molar-refractivity contribution in [1.29, 1.82) is 0 Å². The van der Waals surface area contributed by atoms with E-state index in [0.717, 1.165) is 13.0 Å². The largest absolute Gasteiger partial charge is 0.486 e. The molecule has 0 radical (unpaired) electrons. The van der Waals surface area contributed by atoms with Crippen LogP contribution in [-0.2, 0) is 0 Å². The van der Waals surface area contributed by atoms with E-state index >= 15 is 0 Å². The van der Waals surface area contributed by atoms with Gasteiger partial charge in [0.25, 0.3) is 5.91 Å². The maximum absolute atomic E-state index is 12.5. The number of carbonyl (C=O) groups excluding carboxylic acids is 1. The van der Waals surface area contributed by atoms with Gasteiger partial charge in [-0.25, -0.2) is 0 Å². The van der Waals surface area contributed by atoms with Gasteiger partial charge < -0.3 is 20.1 Å². The number of hydrogen-bond acceptors (Lipinski definition) is 4. The lowest BCUT2D eigenvalue weighted by Gasteiger charge is -2.24. The van der Waals surface area contributed by atoms with Crippen LogP contribution in [0.2, 0.25) is 0 Å². The smallest absolute Gasteiger partial charge is 0.254 e. The third-order valence-electron chi connectivity index (χ3n) is 3.86. The highest BCUT2D eigenvalue weighted by Crippen LogP contribution is 2.31. The fraction of sp³-hybridized carbons (Fsp3) is 0.500. The molecule has 0 aromatic heterocycles. The second-order valence-electron chi connectivity index (χ2n) is 5.05. The molecule has 2 N–H and O–H groups in total. The van der Waals surface area contributed by atoms with Gasteiger partial charge in [-0.05, 0) is 31.5 Å². The molecule has 5 nitrogen and oxygen atoms in total. The van der Waals surface area contributed by atoms with Crippen molar-refractivity contribution >= 4 is 5.91 Å². The number of amides is 1. The van der Waals surface area contributed by atoms with E-state index in [1.54, 1.807) is 18.2 Å². The minimum Gasteiger partial charge on any atom is -0.486 e. The summed E-state index contributed by atoms with van der Waals surface area (Å²) in [4.78, 5) is 14.3. The third-order valence-corrected chi connectivity index (χ3v) is 3.86. The van der Waals surface area contributed by atoms with Gasteiger partial charge in [-0.15, -0.1) is 0 Å². The van der Waals surface area contributed by atoms with Gasteiger partial charge in [-0.1, -0.05) is 0 Å². The Hall–Kier alpha value is -1.75. The molecule has 1 fully saturated rings. The molecule has 3 rings (SSSR count). The van der Waals surface area contributed by atoms with Crippen LogP contribution in [0.1, 0.15) is 23.7 Å². The summed E-state index contributed by atoms with van der Waals surface area (Å²) in [6.45, 7) is 3.79. The van der Waals surface area contributed by atoms with Gasteiger partial charge in [0.1, 0.15) is 13.2 Å². The van der Waals surface area contributed by atoms with Crippen molar-refractivity contribution in [3.63, 3.8) is 0 Å². The van der Waals surface area contributed by atoms with Crippen LogP contribution in [0.5, 0.6) is 11.5 Å².